The molecule has 6 aliphatic rings. The van der Waals surface area contributed by atoms with E-state index in [1.54, 1.807) is 39.2 Å². The number of phenols is 2. The van der Waals surface area contributed by atoms with Crippen LogP contribution in [-0.4, -0.2) is 168 Å². The number of phenolic OH excluding ortho intramolecular Hbond substituents is 2. The standard InChI is InChI=1S/C25H30N4O8.C24H27N3O9/c1-9(30)27-13-8-14(28(2)3)11-6-10-7-12-18(29(4)5)21(33)17(24(26)36)23(35)25(12,37)22(34)15(10)20(32)16(11)19(13)31;1-8(28)26-12-6-5-9-13(17(12)29)18(30)14-10(23(9,2)35)7-11-16(27(3)4)19(31)15(22(25)34)21(33)24(11,36)20(14)32/h8,10,12,18,31-32,35,37H,6-7H2,1-5H3,(H2,26,36)(H,27,30);5-6,10-11,16,29-30,33,35-36H,7H2,1-4H3,(H2,25,34)(H,26,28)/t10?,12?,18-,25-;10-,11-,16-,23+,24-/m00/s1. The van der Waals surface area contributed by atoms with Crippen LogP contribution in [0.4, 0.5) is 17.1 Å². The van der Waals surface area contributed by atoms with E-state index < -0.39 is 151 Å². The smallest absolute Gasteiger partial charge is 0.255 e. The number of nitrogens with two attached hydrogens (primary N) is 2. The first kappa shape index (κ1) is 53.2. The number of aromatic hydroxyl groups is 2. The number of aliphatic hydroxyl groups excluding tert-OH is 4. The summed E-state index contributed by atoms with van der Waals surface area (Å²) in [6.07, 6.45) is -0.129. The number of amides is 4. The molecule has 390 valence electrons. The normalized spacial score (nSPS) is 29.3. The summed E-state index contributed by atoms with van der Waals surface area (Å²) < 4.78 is 0. The average molecular weight is 1020 g/mol. The number of rotatable bonds is 7. The molecule has 2 aromatic rings. The molecule has 9 atom stereocenters. The molecule has 2 unspecified atom stereocenters. The highest BCUT2D eigenvalue weighted by molar-refractivity contribution is 6.26. The summed E-state index contributed by atoms with van der Waals surface area (Å²) in [5.41, 5.74) is 1.20. The Morgan fingerprint density at radius 1 is 0.644 bits per heavy atom. The van der Waals surface area contributed by atoms with Crippen molar-refractivity contribution in [1.82, 2.24) is 9.80 Å². The van der Waals surface area contributed by atoms with Crippen molar-refractivity contribution in [1.29, 1.82) is 0 Å². The lowest BCUT2D eigenvalue weighted by Crippen LogP contribution is -2.67. The zero-order valence-electron chi connectivity index (χ0n) is 41.1. The van der Waals surface area contributed by atoms with Crippen molar-refractivity contribution in [3.63, 3.8) is 0 Å². The fourth-order valence-corrected chi connectivity index (χ4v) is 11.8. The summed E-state index contributed by atoms with van der Waals surface area (Å²) in [5.74, 6) is -16.9. The topological polar surface area (TPSA) is 404 Å². The maximum atomic E-state index is 13.9. The highest BCUT2D eigenvalue weighted by Gasteiger charge is 2.67. The number of carbonyl (C=O) groups excluding carboxylic acids is 8. The summed E-state index contributed by atoms with van der Waals surface area (Å²) in [6.45, 7) is 3.79. The van der Waals surface area contributed by atoms with Gasteiger partial charge in [-0.15, -0.1) is 0 Å². The van der Waals surface area contributed by atoms with Crippen LogP contribution in [0.3, 0.4) is 0 Å². The Balaban J connectivity index is 0.000000214. The van der Waals surface area contributed by atoms with Crippen LogP contribution < -0.4 is 27.0 Å². The summed E-state index contributed by atoms with van der Waals surface area (Å²) in [7, 11) is 9.52. The third kappa shape index (κ3) is 7.61. The number of fused-ring (bicyclic) bond motifs is 6. The van der Waals surface area contributed by atoms with Gasteiger partial charge in [0, 0.05) is 62.5 Å². The van der Waals surface area contributed by atoms with Crippen molar-refractivity contribution >= 4 is 75.3 Å². The number of ketones is 4. The van der Waals surface area contributed by atoms with Gasteiger partial charge in [-0.1, -0.05) is 6.07 Å². The number of hydrogen-bond acceptors (Lipinski definition) is 20. The number of nitrogens with one attached hydrogen (secondary N) is 2. The van der Waals surface area contributed by atoms with Crippen molar-refractivity contribution in [2.75, 3.05) is 57.8 Å². The van der Waals surface area contributed by atoms with Crippen LogP contribution >= 0.6 is 0 Å². The molecule has 0 spiro atoms. The monoisotopic (exact) mass is 1020 g/mol. The fourth-order valence-electron chi connectivity index (χ4n) is 11.8. The molecule has 73 heavy (non-hydrogen) atoms. The maximum Gasteiger partial charge on any atom is 0.255 e. The summed E-state index contributed by atoms with van der Waals surface area (Å²) in [4.78, 5) is 106. The number of aliphatic hydroxyl groups is 7. The molecule has 0 radical (unpaired) electrons. The lowest BCUT2D eigenvalue weighted by molar-refractivity contribution is -0.159. The average Bonchev–Trinajstić information content (AvgIpc) is 3.26. The number of likely N-dealkylation sites (N-methyl/N-ethyl adjacent to an activating group) is 2. The van der Waals surface area contributed by atoms with Gasteiger partial charge in [-0.2, -0.15) is 0 Å². The highest BCUT2D eigenvalue weighted by atomic mass is 16.4. The molecule has 2 fully saturated rings. The third-order valence-electron chi connectivity index (χ3n) is 15.0. The van der Waals surface area contributed by atoms with Gasteiger partial charge < -0.3 is 73.0 Å². The Morgan fingerprint density at radius 3 is 1.53 bits per heavy atom. The van der Waals surface area contributed by atoms with E-state index in [2.05, 4.69) is 10.6 Å². The molecule has 15 N–H and O–H groups in total. The predicted octanol–water partition coefficient (Wildman–Crippen LogP) is -0.424. The van der Waals surface area contributed by atoms with Gasteiger partial charge in [0.15, 0.2) is 22.8 Å². The molecule has 24 heteroatoms. The molecular weight excluding hydrogens is 959 g/mol. The summed E-state index contributed by atoms with van der Waals surface area (Å²) in [5, 5.41) is 106. The van der Waals surface area contributed by atoms with Crippen LogP contribution in [-0.2, 0) is 50.4 Å². The van der Waals surface area contributed by atoms with Crippen LogP contribution in [0.15, 0.2) is 52.0 Å². The second kappa shape index (κ2) is 17.8. The molecule has 0 heterocycles. The molecule has 4 amide bonds. The van der Waals surface area contributed by atoms with Gasteiger partial charge in [0.05, 0.1) is 40.2 Å². The fraction of sp³-hybridized carbons (Fsp3) is 0.429. The lowest BCUT2D eigenvalue weighted by Gasteiger charge is -2.53. The van der Waals surface area contributed by atoms with Crippen molar-refractivity contribution in [3.05, 3.63) is 74.3 Å². The molecule has 8 rings (SSSR count). The van der Waals surface area contributed by atoms with Gasteiger partial charge in [0.2, 0.25) is 23.4 Å². The number of benzene rings is 2. The number of nitrogens with zero attached hydrogens (tertiary/aromatic N) is 3. The zero-order valence-corrected chi connectivity index (χ0v) is 41.1. The van der Waals surface area contributed by atoms with Gasteiger partial charge >= 0.3 is 0 Å². The molecule has 0 aliphatic heterocycles. The van der Waals surface area contributed by atoms with Crippen LogP contribution in [0, 0.1) is 23.7 Å². The minimum Gasteiger partial charge on any atom is -0.508 e. The summed E-state index contributed by atoms with van der Waals surface area (Å²) >= 11 is 0. The van der Waals surface area contributed by atoms with Gasteiger partial charge in [-0.3, -0.25) is 48.2 Å². The highest BCUT2D eigenvalue weighted by Crippen LogP contribution is 2.59. The Labute approximate surface area is 416 Å². The van der Waals surface area contributed by atoms with E-state index in [1.165, 1.54) is 56.8 Å². The van der Waals surface area contributed by atoms with Crippen LogP contribution in [0.2, 0.25) is 0 Å². The number of primary amides is 2. The predicted molar refractivity (Wildman–Crippen MR) is 257 cm³/mol. The molecule has 2 aromatic carbocycles. The van der Waals surface area contributed by atoms with Crippen molar-refractivity contribution in [3.8, 4) is 11.5 Å². The van der Waals surface area contributed by atoms with E-state index in [4.69, 9.17) is 11.5 Å². The summed E-state index contributed by atoms with van der Waals surface area (Å²) in [6, 6.07) is 1.82. The minimum absolute atomic E-state index is 0.00710. The van der Waals surface area contributed by atoms with Gasteiger partial charge in [-0.25, -0.2) is 0 Å². The van der Waals surface area contributed by atoms with Gasteiger partial charge in [-0.05, 0) is 83.6 Å². The molecule has 0 aromatic heterocycles. The number of anilines is 3. The van der Waals surface area contributed by atoms with Crippen LogP contribution in [0.25, 0.3) is 11.5 Å². The SMILES string of the molecule is CC(=O)Nc1cc(N(C)C)c2c(c1O)C(O)=C1C(=O)[C@]3(O)C(O)=C(C(N)=O)C(=O)[C@@H](N(C)C)C3CC1C2.CC(=O)Nc1ccc2c(c1O)C(O)=C1C(=O)[C@]3(O)C(O)=C(C(N)=O)C(=O)[C@@H](N(C)C)[C@@H]3C[C@@H]1[C@]2(C)O. The van der Waals surface area contributed by atoms with Crippen molar-refractivity contribution in [2.24, 2.45) is 35.1 Å². The van der Waals surface area contributed by atoms with Crippen molar-refractivity contribution in [2.45, 2.75) is 68.9 Å². The van der Waals surface area contributed by atoms with Crippen LogP contribution in [0.5, 0.6) is 11.5 Å². The van der Waals surface area contributed by atoms with Crippen molar-refractivity contribution < 1.29 is 84.3 Å². The number of Topliss-reactive ketones (excluding diaryl/α,β-unsaturated/α-hetero) is 4. The first-order valence-electron chi connectivity index (χ1n) is 22.7. The second-order valence-corrected chi connectivity index (χ2v) is 20.0. The number of carbonyl (C=O) groups is 8. The second-order valence-electron chi connectivity index (χ2n) is 20.0. The van der Waals surface area contributed by atoms with E-state index in [0.717, 1.165) is 0 Å². The van der Waals surface area contributed by atoms with E-state index >= 15 is 0 Å². The Kier molecular flexibility index (Phi) is 13.0. The molecule has 2 saturated carbocycles. The molecule has 0 saturated heterocycles. The molecule has 6 aliphatic carbocycles. The minimum atomic E-state index is -2.83. The number of hydrogen-bond donors (Lipinski definition) is 13. The van der Waals surface area contributed by atoms with E-state index in [9.17, 15) is 84.3 Å². The Morgan fingerprint density at radius 2 is 1.08 bits per heavy atom. The first-order chi connectivity index (χ1) is 33.7. The largest absolute Gasteiger partial charge is 0.508 e. The van der Waals surface area contributed by atoms with E-state index in [-0.39, 0.29) is 52.9 Å². The van der Waals surface area contributed by atoms with E-state index in [0.29, 0.717) is 11.3 Å². The first-order valence-corrected chi connectivity index (χ1v) is 22.7. The third-order valence-corrected chi connectivity index (χ3v) is 15.0. The Hall–Kier alpha value is -7.64. The lowest BCUT2D eigenvalue weighted by atomic mass is 9.54. The Bertz CT molecular complexity index is 3040. The molecule has 24 nitrogen and oxygen atoms in total. The quantitative estimate of drug-likeness (QED) is 0.124. The van der Waals surface area contributed by atoms with Crippen LogP contribution in [0.1, 0.15) is 55.9 Å². The molecular formula is C49H57N7O17. The van der Waals surface area contributed by atoms with Gasteiger partial charge in [0.25, 0.3) is 11.8 Å². The zero-order chi connectivity index (χ0) is 54.8. The maximum absolute atomic E-state index is 13.9. The molecule has 0 bridgehead atoms. The van der Waals surface area contributed by atoms with E-state index in [1.807, 2.05) is 0 Å². The van der Waals surface area contributed by atoms with Gasteiger partial charge in [0.1, 0.15) is 45.7 Å².